The zero-order valence-corrected chi connectivity index (χ0v) is 8.85. The Labute approximate surface area is 84.4 Å². The number of hydrazine groups is 1. The van der Waals surface area contributed by atoms with E-state index in [1.807, 2.05) is 19.9 Å². The van der Waals surface area contributed by atoms with Crippen molar-refractivity contribution in [3.8, 4) is 5.75 Å². The second-order valence-electron chi connectivity index (χ2n) is 3.22. The second kappa shape index (κ2) is 4.83. The summed E-state index contributed by atoms with van der Waals surface area (Å²) in [5.74, 6) is 6.04. The lowest BCUT2D eigenvalue weighted by Crippen LogP contribution is -2.28. The molecule has 4 heteroatoms. The summed E-state index contributed by atoms with van der Waals surface area (Å²) in [6, 6.07) is 4.09. The molecule has 4 N–H and O–H groups in total. The number of ether oxygens (including phenoxy) is 1. The molecule has 78 valence electrons. The van der Waals surface area contributed by atoms with Gasteiger partial charge in [0.1, 0.15) is 5.75 Å². The molecule has 0 aliphatic rings. The first-order chi connectivity index (χ1) is 6.69. The predicted octanol–water partition coefficient (Wildman–Crippen LogP) is 1.14. The summed E-state index contributed by atoms with van der Waals surface area (Å²) in [5.41, 5.74) is 5.86. The van der Waals surface area contributed by atoms with Crippen LogP contribution in [0.3, 0.4) is 0 Å². The summed E-state index contributed by atoms with van der Waals surface area (Å²) in [6.45, 7) is 4.59. The van der Waals surface area contributed by atoms with Crippen LogP contribution in [0.5, 0.6) is 5.75 Å². The van der Waals surface area contributed by atoms with Crippen molar-refractivity contribution in [1.82, 2.24) is 5.43 Å². The predicted molar refractivity (Wildman–Crippen MR) is 58.3 cm³/mol. The number of benzene rings is 1. The van der Waals surface area contributed by atoms with Crippen LogP contribution in [0.25, 0.3) is 0 Å². The van der Waals surface area contributed by atoms with Crippen molar-refractivity contribution in [3.05, 3.63) is 23.3 Å². The Bertz CT molecular complexity index is 312. The van der Waals surface area contributed by atoms with Crippen molar-refractivity contribution < 1.29 is 4.74 Å². The maximum Gasteiger partial charge on any atom is 0.142 e. The molecule has 14 heavy (non-hydrogen) atoms. The number of hydrogen-bond donors (Lipinski definition) is 3. The van der Waals surface area contributed by atoms with E-state index in [0.717, 1.165) is 17.0 Å². The third-order valence-corrected chi connectivity index (χ3v) is 2.03. The Morgan fingerprint density at radius 3 is 2.64 bits per heavy atom. The lowest BCUT2D eigenvalue weighted by Gasteiger charge is -2.14. The van der Waals surface area contributed by atoms with Crippen LogP contribution in [0.4, 0.5) is 5.69 Å². The summed E-state index contributed by atoms with van der Waals surface area (Å²) in [6.07, 6.45) is 0. The maximum absolute atomic E-state index is 5.27. The highest BCUT2D eigenvalue weighted by Gasteiger charge is 2.05. The molecule has 0 saturated carbocycles. The van der Waals surface area contributed by atoms with Crippen LogP contribution in [0, 0.1) is 13.8 Å². The highest BCUT2D eigenvalue weighted by molar-refractivity contribution is 5.62. The van der Waals surface area contributed by atoms with Crippen LogP contribution in [-0.2, 0) is 0 Å². The fourth-order valence-electron chi connectivity index (χ4n) is 1.46. The van der Waals surface area contributed by atoms with Gasteiger partial charge in [-0.05, 0) is 31.0 Å². The molecule has 4 nitrogen and oxygen atoms in total. The van der Waals surface area contributed by atoms with Crippen molar-refractivity contribution in [2.45, 2.75) is 13.8 Å². The molecule has 0 spiro atoms. The number of anilines is 1. The van der Waals surface area contributed by atoms with Gasteiger partial charge in [-0.1, -0.05) is 6.07 Å². The van der Waals surface area contributed by atoms with Crippen molar-refractivity contribution in [2.75, 3.05) is 19.1 Å². The van der Waals surface area contributed by atoms with Gasteiger partial charge < -0.3 is 10.1 Å². The van der Waals surface area contributed by atoms with Gasteiger partial charge in [0, 0.05) is 0 Å². The van der Waals surface area contributed by atoms with Gasteiger partial charge in [0.25, 0.3) is 0 Å². The fourth-order valence-corrected chi connectivity index (χ4v) is 1.46. The van der Waals surface area contributed by atoms with E-state index in [-0.39, 0.29) is 0 Å². The number of rotatable bonds is 4. The molecule has 0 unspecified atom stereocenters. The summed E-state index contributed by atoms with van der Waals surface area (Å²) in [4.78, 5) is 0. The minimum absolute atomic E-state index is 0.514. The SMILES string of the molecule is COc1cc(C)cc(C)c1NCNN. The van der Waals surface area contributed by atoms with Crippen LogP contribution >= 0.6 is 0 Å². The van der Waals surface area contributed by atoms with E-state index in [0.29, 0.717) is 6.67 Å². The van der Waals surface area contributed by atoms with Crippen LogP contribution < -0.4 is 21.3 Å². The topological polar surface area (TPSA) is 59.3 Å². The smallest absolute Gasteiger partial charge is 0.142 e. The molecule has 1 aromatic rings. The van der Waals surface area contributed by atoms with Gasteiger partial charge in [-0.25, -0.2) is 5.43 Å². The zero-order valence-electron chi connectivity index (χ0n) is 8.85. The second-order valence-corrected chi connectivity index (χ2v) is 3.22. The molecule has 0 bridgehead atoms. The molecule has 0 aliphatic heterocycles. The number of nitrogens with one attached hydrogen (secondary N) is 2. The van der Waals surface area contributed by atoms with Crippen LogP contribution in [0.15, 0.2) is 12.1 Å². The lowest BCUT2D eigenvalue weighted by molar-refractivity contribution is 0.415. The first kappa shape index (κ1) is 10.8. The minimum Gasteiger partial charge on any atom is -0.495 e. The van der Waals surface area contributed by atoms with Gasteiger partial charge in [0.2, 0.25) is 0 Å². The van der Waals surface area contributed by atoms with E-state index in [4.69, 9.17) is 10.6 Å². The molecule has 0 heterocycles. The molecule has 0 aliphatic carbocycles. The number of aryl methyl sites for hydroxylation is 2. The molecule has 0 atom stereocenters. The minimum atomic E-state index is 0.514. The van der Waals surface area contributed by atoms with Crippen molar-refractivity contribution in [2.24, 2.45) is 5.84 Å². The first-order valence-electron chi connectivity index (χ1n) is 4.51. The monoisotopic (exact) mass is 195 g/mol. The third kappa shape index (κ3) is 2.37. The molecule has 0 saturated heterocycles. The Morgan fingerprint density at radius 2 is 2.07 bits per heavy atom. The highest BCUT2D eigenvalue weighted by atomic mass is 16.5. The van der Waals surface area contributed by atoms with Gasteiger partial charge in [-0.2, -0.15) is 0 Å². The van der Waals surface area contributed by atoms with E-state index >= 15 is 0 Å². The van der Waals surface area contributed by atoms with Gasteiger partial charge in [0.05, 0.1) is 19.5 Å². The summed E-state index contributed by atoms with van der Waals surface area (Å²) in [5, 5.41) is 3.15. The number of nitrogens with two attached hydrogens (primary N) is 1. The van der Waals surface area contributed by atoms with E-state index in [2.05, 4.69) is 16.8 Å². The van der Waals surface area contributed by atoms with E-state index in [9.17, 15) is 0 Å². The Morgan fingerprint density at radius 1 is 1.36 bits per heavy atom. The molecule has 0 fully saturated rings. The third-order valence-electron chi connectivity index (χ3n) is 2.03. The van der Waals surface area contributed by atoms with Gasteiger partial charge in [-0.3, -0.25) is 5.84 Å². The van der Waals surface area contributed by atoms with Crippen molar-refractivity contribution in [3.63, 3.8) is 0 Å². The molecule has 0 amide bonds. The quantitative estimate of drug-likeness (QED) is 0.383. The van der Waals surface area contributed by atoms with Crippen molar-refractivity contribution in [1.29, 1.82) is 0 Å². The van der Waals surface area contributed by atoms with E-state index in [1.165, 1.54) is 5.56 Å². The van der Waals surface area contributed by atoms with Crippen LogP contribution in [0.2, 0.25) is 0 Å². The molecule has 0 radical (unpaired) electrons. The van der Waals surface area contributed by atoms with Gasteiger partial charge in [0.15, 0.2) is 0 Å². The summed E-state index contributed by atoms with van der Waals surface area (Å²) < 4.78 is 5.27. The van der Waals surface area contributed by atoms with Crippen LogP contribution in [-0.4, -0.2) is 13.8 Å². The van der Waals surface area contributed by atoms with Gasteiger partial charge in [-0.15, -0.1) is 0 Å². The van der Waals surface area contributed by atoms with Gasteiger partial charge >= 0.3 is 0 Å². The highest BCUT2D eigenvalue weighted by Crippen LogP contribution is 2.29. The van der Waals surface area contributed by atoms with E-state index < -0.39 is 0 Å². The Hall–Kier alpha value is -1.26. The average molecular weight is 195 g/mol. The maximum atomic E-state index is 5.27. The largest absolute Gasteiger partial charge is 0.495 e. The Kier molecular flexibility index (Phi) is 3.73. The standard InChI is InChI=1S/C10H17N3O/c1-7-4-8(2)10(12-6-13-11)9(5-7)14-3/h4-5,12-13H,6,11H2,1-3H3. The molecule has 1 rings (SSSR count). The normalized spacial score (nSPS) is 10.0. The lowest BCUT2D eigenvalue weighted by atomic mass is 10.1. The van der Waals surface area contributed by atoms with E-state index in [1.54, 1.807) is 7.11 Å². The van der Waals surface area contributed by atoms with Crippen molar-refractivity contribution >= 4 is 5.69 Å². The fraction of sp³-hybridized carbons (Fsp3) is 0.400. The zero-order chi connectivity index (χ0) is 10.6. The average Bonchev–Trinajstić information content (AvgIpc) is 2.15. The summed E-state index contributed by atoms with van der Waals surface area (Å²) in [7, 11) is 1.66. The molecule has 1 aromatic carbocycles. The Balaban J connectivity index is 2.99. The number of hydrogen-bond acceptors (Lipinski definition) is 4. The molecular formula is C10H17N3O. The molecular weight excluding hydrogens is 178 g/mol. The first-order valence-corrected chi connectivity index (χ1v) is 4.51. The number of methoxy groups -OCH3 is 1. The molecule has 0 aromatic heterocycles. The van der Waals surface area contributed by atoms with Crippen LogP contribution in [0.1, 0.15) is 11.1 Å². The summed E-state index contributed by atoms with van der Waals surface area (Å²) >= 11 is 0.